The van der Waals surface area contributed by atoms with Gasteiger partial charge in [-0.2, -0.15) is 0 Å². The highest BCUT2D eigenvalue weighted by Gasteiger charge is 2.26. The SMILES string of the molecule is CC.CNS(=O)(=O)C1=CC=C(Cl)Cc2nonc21.Fc1cccc(F)c1. The third kappa shape index (κ3) is 6.01. The molecule has 6 nitrogen and oxygen atoms in total. The van der Waals surface area contributed by atoms with Crippen molar-refractivity contribution in [2.75, 3.05) is 7.05 Å². The van der Waals surface area contributed by atoms with E-state index in [-0.39, 0.29) is 10.6 Å². The second kappa shape index (κ2) is 10.1. The van der Waals surface area contributed by atoms with Crippen molar-refractivity contribution >= 4 is 26.5 Å². The predicted molar refractivity (Wildman–Crippen MR) is 95.6 cm³/mol. The first-order valence-corrected chi connectivity index (χ1v) is 9.42. The molecule has 1 aliphatic carbocycles. The predicted octanol–water partition coefficient (Wildman–Crippen LogP) is 3.63. The minimum atomic E-state index is -3.61. The van der Waals surface area contributed by atoms with Crippen molar-refractivity contribution in [2.24, 2.45) is 0 Å². The van der Waals surface area contributed by atoms with E-state index in [2.05, 4.69) is 19.7 Å². The van der Waals surface area contributed by atoms with E-state index < -0.39 is 21.7 Å². The average Bonchev–Trinajstić information content (AvgIpc) is 2.98. The van der Waals surface area contributed by atoms with Gasteiger partial charge in [0.2, 0.25) is 10.0 Å². The van der Waals surface area contributed by atoms with Crippen LogP contribution in [-0.2, 0) is 16.4 Å². The summed E-state index contributed by atoms with van der Waals surface area (Å²) >= 11 is 5.86. The van der Waals surface area contributed by atoms with Crippen LogP contribution in [0.4, 0.5) is 8.78 Å². The Morgan fingerprint density at radius 3 is 2.27 bits per heavy atom. The van der Waals surface area contributed by atoms with Crippen molar-refractivity contribution in [2.45, 2.75) is 20.3 Å². The molecule has 0 radical (unpaired) electrons. The molecule has 1 aliphatic rings. The number of nitrogens with zero attached hydrogens (tertiary/aromatic N) is 2. The molecule has 26 heavy (non-hydrogen) atoms. The van der Waals surface area contributed by atoms with Gasteiger partial charge in [-0.1, -0.05) is 36.7 Å². The Morgan fingerprint density at radius 1 is 1.15 bits per heavy atom. The van der Waals surface area contributed by atoms with Gasteiger partial charge in [-0.05, 0) is 36.5 Å². The van der Waals surface area contributed by atoms with E-state index in [1.165, 1.54) is 37.4 Å². The number of halogens is 3. The van der Waals surface area contributed by atoms with Crippen LogP contribution in [0.5, 0.6) is 0 Å². The van der Waals surface area contributed by atoms with Crippen molar-refractivity contribution in [3.05, 3.63) is 64.5 Å². The molecule has 0 amide bonds. The number of hydrogen-bond acceptors (Lipinski definition) is 5. The van der Waals surface area contributed by atoms with Crippen LogP contribution in [-0.4, -0.2) is 25.8 Å². The first-order chi connectivity index (χ1) is 12.3. The van der Waals surface area contributed by atoms with Crippen LogP contribution < -0.4 is 4.72 Å². The number of nitrogens with one attached hydrogen (secondary N) is 1. The maximum Gasteiger partial charge on any atom is 0.242 e. The van der Waals surface area contributed by atoms with Crippen molar-refractivity contribution in [3.8, 4) is 0 Å². The van der Waals surface area contributed by atoms with E-state index in [4.69, 9.17) is 11.6 Å². The molecule has 1 aromatic heterocycles. The molecule has 0 saturated heterocycles. The molecular formula is C16H18ClF2N3O3S. The Hall–Kier alpha value is -2.10. The fourth-order valence-corrected chi connectivity index (χ4v) is 2.83. The van der Waals surface area contributed by atoms with E-state index >= 15 is 0 Å². The lowest BCUT2D eigenvalue weighted by Crippen LogP contribution is -2.20. The molecule has 1 aromatic carbocycles. The summed E-state index contributed by atoms with van der Waals surface area (Å²) in [6.45, 7) is 4.00. The summed E-state index contributed by atoms with van der Waals surface area (Å²) < 4.78 is 54.0. The number of sulfonamides is 1. The third-order valence-electron chi connectivity index (χ3n) is 2.89. The van der Waals surface area contributed by atoms with Gasteiger partial charge in [0.05, 0.1) is 0 Å². The molecule has 0 aliphatic heterocycles. The van der Waals surface area contributed by atoms with E-state index in [0.29, 0.717) is 17.1 Å². The molecule has 0 spiro atoms. The fraction of sp³-hybridized carbons (Fsp3) is 0.250. The maximum atomic E-state index is 11.9. The van der Waals surface area contributed by atoms with Gasteiger partial charge in [-0.15, -0.1) is 0 Å². The van der Waals surface area contributed by atoms with Crippen LogP contribution >= 0.6 is 11.6 Å². The van der Waals surface area contributed by atoms with Gasteiger partial charge in [0.25, 0.3) is 0 Å². The zero-order chi connectivity index (χ0) is 19.7. The van der Waals surface area contributed by atoms with Gasteiger partial charge in [0, 0.05) is 17.5 Å². The monoisotopic (exact) mass is 405 g/mol. The summed E-state index contributed by atoms with van der Waals surface area (Å²) in [7, 11) is -2.29. The standard InChI is InChI=1S/C8H8ClN3O3S.C6H4F2.C2H6/c1-10-16(13,14)7-3-2-5(9)4-6-8(7)12-15-11-6;7-5-2-1-3-6(8)4-5;1-2/h2-3,10H,4H2,1H3;1-4H;1-2H3. The van der Waals surface area contributed by atoms with Gasteiger partial charge in [0.15, 0.2) is 5.69 Å². The molecule has 3 rings (SSSR count). The average molecular weight is 406 g/mol. The summed E-state index contributed by atoms with van der Waals surface area (Å²) in [5.74, 6) is -1.07. The molecule has 0 fully saturated rings. The van der Waals surface area contributed by atoms with Crippen molar-refractivity contribution in [3.63, 3.8) is 0 Å². The molecule has 0 bridgehead atoms. The largest absolute Gasteiger partial charge is 0.244 e. The zero-order valence-electron chi connectivity index (χ0n) is 14.3. The van der Waals surface area contributed by atoms with Gasteiger partial charge in [-0.3, -0.25) is 0 Å². The Morgan fingerprint density at radius 2 is 1.77 bits per heavy atom. The molecule has 0 atom stereocenters. The smallest absolute Gasteiger partial charge is 0.242 e. The first kappa shape index (κ1) is 21.9. The van der Waals surface area contributed by atoms with Gasteiger partial charge >= 0.3 is 0 Å². The molecule has 1 heterocycles. The molecule has 1 N–H and O–H groups in total. The molecule has 142 valence electrons. The Balaban J connectivity index is 0.000000284. The Kier molecular flexibility index (Phi) is 8.56. The molecule has 10 heteroatoms. The molecule has 0 saturated carbocycles. The minimum absolute atomic E-state index is 0.00176. The van der Waals surface area contributed by atoms with E-state index in [9.17, 15) is 17.2 Å². The zero-order valence-corrected chi connectivity index (χ0v) is 15.9. The summed E-state index contributed by atoms with van der Waals surface area (Å²) in [6, 6.07) is 4.55. The number of aromatic nitrogens is 2. The quantitative estimate of drug-likeness (QED) is 0.824. The number of benzene rings is 1. The summed E-state index contributed by atoms with van der Waals surface area (Å²) in [6.07, 6.45) is 3.19. The highest BCUT2D eigenvalue weighted by Crippen LogP contribution is 2.27. The lowest BCUT2D eigenvalue weighted by atomic mass is 10.2. The Bertz CT molecular complexity index is 878. The molecule has 0 unspecified atom stereocenters. The van der Waals surface area contributed by atoms with Crippen LogP contribution in [0.15, 0.2) is 46.1 Å². The lowest BCUT2D eigenvalue weighted by molar-refractivity contribution is 0.303. The summed E-state index contributed by atoms with van der Waals surface area (Å²) in [4.78, 5) is 0.00176. The van der Waals surface area contributed by atoms with Crippen LogP contribution in [0.25, 0.3) is 4.91 Å². The second-order valence-electron chi connectivity index (χ2n) is 4.53. The lowest BCUT2D eigenvalue weighted by Gasteiger charge is -2.03. The van der Waals surface area contributed by atoms with Gasteiger partial charge in [0.1, 0.15) is 22.2 Å². The minimum Gasteiger partial charge on any atom is -0.244 e. The highest BCUT2D eigenvalue weighted by molar-refractivity contribution is 7.98. The third-order valence-corrected chi connectivity index (χ3v) is 4.59. The fourth-order valence-electron chi connectivity index (χ4n) is 1.76. The van der Waals surface area contributed by atoms with Crippen molar-refractivity contribution in [1.82, 2.24) is 15.0 Å². The topological polar surface area (TPSA) is 85.1 Å². The molecule has 2 aromatic rings. The first-order valence-electron chi connectivity index (χ1n) is 7.56. The maximum absolute atomic E-state index is 11.9. The number of allylic oxidation sites excluding steroid dienone is 3. The summed E-state index contributed by atoms with van der Waals surface area (Å²) in [5.41, 5.74) is 0.602. The number of rotatable bonds is 2. The van der Waals surface area contributed by atoms with Gasteiger partial charge in [-0.25, -0.2) is 26.5 Å². The summed E-state index contributed by atoms with van der Waals surface area (Å²) in [5, 5.41) is 7.67. The highest BCUT2D eigenvalue weighted by atomic mass is 35.5. The number of hydrogen-bond donors (Lipinski definition) is 1. The molecular weight excluding hydrogens is 388 g/mol. The normalized spacial score (nSPS) is 13.0. The van der Waals surface area contributed by atoms with E-state index in [1.807, 2.05) is 13.8 Å². The Labute approximate surface area is 155 Å². The van der Waals surface area contributed by atoms with Crippen LogP contribution in [0.3, 0.4) is 0 Å². The van der Waals surface area contributed by atoms with E-state index in [1.54, 1.807) is 0 Å². The van der Waals surface area contributed by atoms with Crippen LogP contribution in [0.2, 0.25) is 0 Å². The number of fused-ring (bicyclic) bond motifs is 1. The van der Waals surface area contributed by atoms with Crippen LogP contribution in [0, 0.1) is 11.6 Å². The van der Waals surface area contributed by atoms with E-state index in [0.717, 1.165) is 6.07 Å². The van der Waals surface area contributed by atoms with Crippen LogP contribution in [0.1, 0.15) is 25.2 Å². The van der Waals surface area contributed by atoms with Crippen molar-refractivity contribution < 1.29 is 21.8 Å². The van der Waals surface area contributed by atoms with Crippen molar-refractivity contribution in [1.29, 1.82) is 0 Å². The second-order valence-corrected chi connectivity index (χ2v) is 6.87. The van der Waals surface area contributed by atoms with Gasteiger partial charge < -0.3 is 0 Å².